The van der Waals surface area contributed by atoms with Gasteiger partial charge in [-0.25, -0.2) is 13.1 Å². The van der Waals surface area contributed by atoms with E-state index in [-0.39, 0.29) is 16.6 Å². The minimum Gasteiger partial charge on any atom is -0.320 e. The molecular formula is C23H18BrN3O3S. The zero-order valence-corrected chi connectivity index (χ0v) is 18.7. The molecule has 4 rings (SSSR count). The van der Waals surface area contributed by atoms with E-state index in [4.69, 9.17) is 0 Å². The summed E-state index contributed by atoms with van der Waals surface area (Å²) in [4.78, 5) is 13.2. The largest absolute Gasteiger partial charge is 0.320 e. The highest BCUT2D eigenvalue weighted by molar-refractivity contribution is 9.10. The molecule has 1 aromatic heterocycles. The molecule has 0 unspecified atom stereocenters. The Balaban J connectivity index is 1.58. The summed E-state index contributed by atoms with van der Waals surface area (Å²) in [6, 6.07) is 22.2. The highest BCUT2D eigenvalue weighted by Crippen LogP contribution is 2.25. The van der Waals surface area contributed by atoms with E-state index in [1.54, 1.807) is 83.8 Å². The van der Waals surface area contributed by atoms with E-state index in [9.17, 15) is 13.2 Å². The number of amides is 1. The summed E-state index contributed by atoms with van der Waals surface area (Å²) in [5.74, 6) is -0.529. The van der Waals surface area contributed by atoms with Gasteiger partial charge in [-0.05, 0) is 54.1 Å². The van der Waals surface area contributed by atoms with Gasteiger partial charge >= 0.3 is 0 Å². The van der Waals surface area contributed by atoms with Gasteiger partial charge in [0.05, 0.1) is 22.0 Å². The maximum Gasteiger partial charge on any atom is 0.255 e. The average molecular weight is 496 g/mol. The van der Waals surface area contributed by atoms with Crippen LogP contribution in [0, 0.1) is 0 Å². The van der Waals surface area contributed by atoms with Crippen molar-refractivity contribution in [1.82, 2.24) is 9.78 Å². The van der Waals surface area contributed by atoms with E-state index in [0.29, 0.717) is 22.5 Å². The number of rotatable bonds is 6. The van der Waals surface area contributed by atoms with Gasteiger partial charge in [-0.3, -0.25) is 4.79 Å². The molecule has 0 atom stereocenters. The number of carbonyl (C=O) groups excluding carboxylic acids is 1. The summed E-state index contributed by atoms with van der Waals surface area (Å²) in [5.41, 5.74) is 2.19. The molecule has 31 heavy (non-hydrogen) atoms. The lowest BCUT2D eigenvalue weighted by Gasteiger charge is -2.12. The molecule has 6 nitrogen and oxygen atoms in total. The third-order valence-electron chi connectivity index (χ3n) is 4.61. The Morgan fingerprint density at radius 2 is 1.77 bits per heavy atom. The number of carbonyl (C=O) groups is 1. The predicted molar refractivity (Wildman–Crippen MR) is 123 cm³/mol. The van der Waals surface area contributed by atoms with Crippen LogP contribution >= 0.6 is 15.9 Å². The van der Waals surface area contributed by atoms with Gasteiger partial charge in [0.2, 0.25) is 0 Å². The maximum absolute atomic E-state index is 12.9. The highest BCUT2D eigenvalue weighted by atomic mass is 79.9. The van der Waals surface area contributed by atoms with Crippen LogP contribution in [0.5, 0.6) is 0 Å². The van der Waals surface area contributed by atoms with Gasteiger partial charge in [-0.2, -0.15) is 5.10 Å². The topological polar surface area (TPSA) is 81.1 Å². The van der Waals surface area contributed by atoms with Crippen LogP contribution < -0.4 is 5.32 Å². The van der Waals surface area contributed by atoms with Gasteiger partial charge in [0, 0.05) is 22.4 Å². The first-order valence-electron chi connectivity index (χ1n) is 9.40. The lowest BCUT2D eigenvalue weighted by molar-refractivity contribution is 0.102. The smallest absolute Gasteiger partial charge is 0.255 e. The lowest BCUT2D eigenvalue weighted by Crippen LogP contribution is -2.15. The summed E-state index contributed by atoms with van der Waals surface area (Å²) >= 11 is 3.42. The van der Waals surface area contributed by atoms with Crippen LogP contribution in [0.1, 0.15) is 15.9 Å². The number of hydrogen-bond donors (Lipinski definition) is 1. The van der Waals surface area contributed by atoms with Crippen LogP contribution in [0.25, 0.3) is 5.69 Å². The Kier molecular flexibility index (Phi) is 6.01. The summed E-state index contributed by atoms with van der Waals surface area (Å²) in [5, 5.41) is 7.12. The van der Waals surface area contributed by atoms with Crippen molar-refractivity contribution in [2.45, 2.75) is 10.6 Å². The van der Waals surface area contributed by atoms with Gasteiger partial charge in [-0.15, -0.1) is 0 Å². The molecule has 0 bridgehead atoms. The zero-order chi connectivity index (χ0) is 21.8. The van der Waals surface area contributed by atoms with Crippen LogP contribution in [0.4, 0.5) is 5.69 Å². The van der Waals surface area contributed by atoms with Crippen molar-refractivity contribution in [3.05, 3.63) is 107 Å². The summed E-state index contributed by atoms with van der Waals surface area (Å²) in [6.07, 6.45) is 3.44. The zero-order valence-electron chi connectivity index (χ0n) is 16.3. The summed E-state index contributed by atoms with van der Waals surface area (Å²) in [6.45, 7) is 0. The molecule has 1 heterocycles. The third-order valence-corrected chi connectivity index (χ3v) is 6.80. The maximum atomic E-state index is 12.9. The first-order chi connectivity index (χ1) is 14.9. The number of halogens is 1. The second kappa shape index (κ2) is 8.87. The fourth-order valence-electron chi connectivity index (χ4n) is 3.15. The molecule has 1 amide bonds. The van der Waals surface area contributed by atoms with E-state index in [0.717, 1.165) is 4.47 Å². The van der Waals surface area contributed by atoms with E-state index in [1.807, 2.05) is 12.1 Å². The number of anilines is 1. The van der Waals surface area contributed by atoms with Crippen LogP contribution in [0.3, 0.4) is 0 Å². The summed E-state index contributed by atoms with van der Waals surface area (Å²) < 4.78 is 27.8. The van der Waals surface area contributed by atoms with E-state index in [2.05, 4.69) is 26.3 Å². The molecule has 4 aromatic rings. The first-order valence-corrected chi connectivity index (χ1v) is 11.8. The van der Waals surface area contributed by atoms with Gasteiger partial charge < -0.3 is 5.32 Å². The van der Waals surface area contributed by atoms with Crippen molar-refractivity contribution < 1.29 is 13.2 Å². The van der Waals surface area contributed by atoms with Crippen molar-refractivity contribution in [3.8, 4) is 5.69 Å². The van der Waals surface area contributed by atoms with E-state index < -0.39 is 9.84 Å². The number of aromatic nitrogens is 2. The van der Waals surface area contributed by atoms with Crippen molar-refractivity contribution in [1.29, 1.82) is 0 Å². The highest BCUT2D eigenvalue weighted by Gasteiger charge is 2.17. The first kappa shape index (κ1) is 21.0. The summed E-state index contributed by atoms with van der Waals surface area (Å²) in [7, 11) is -3.51. The Labute approximate surface area is 188 Å². The molecular weight excluding hydrogens is 478 g/mol. The average Bonchev–Trinajstić information content (AvgIpc) is 3.29. The van der Waals surface area contributed by atoms with Gasteiger partial charge in [0.15, 0.2) is 9.84 Å². The van der Waals surface area contributed by atoms with Crippen molar-refractivity contribution in [3.63, 3.8) is 0 Å². The number of hydrogen-bond acceptors (Lipinski definition) is 4. The molecule has 0 fully saturated rings. The van der Waals surface area contributed by atoms with Crippen LogP contribution in [0.15, 0.2) is 101 Å². The fourth-order valence-corrected chi connectivity index (χ4v) is 4.86. The molecule has 0 aliphatic carbocycles. The Morgan fingerprint density at radius 1 is 0.968 bits per heavy atom. The molecule has 0 aliphatic rings. The van der Waals surface area contributed by atoms with Crippen molar-refractivity contribution in [2.24, 2.45) is 0 Å². The molecule has 156 valence electrons. The minimum atomic E-state index is -3.51. The standard InChI is InChI=1S/C23H18BrN3O3S/c24-19-10-11-22(27-13-5-12-25-27)21(15-19)26-23(28)18-7-4-6-17(14-18)16-31(29,30)20-8-2-1-3-9-20/h1-15H,16H2,(H,26,28). The normalized spacial score (nSPS) is 11.3. The van der Waals surface area contributed by atoms with Crippen LogP contribution in [-0.4, -0.2) is 24.1 Å². The molecule has 1 N–H and O–H groups in total. The second-order valence-corrected chi connectivity index (χ2v) is 9.74. The predicted octanol–water partition coefficient (Wildman–Crippen LogP) is 4.86. The second-order valence-electron chi connectivity index (χ2n) is 6.84. The number of sulfone groups is 1. The molecule has 0 radical (unpaired) electrons. The minimum absolute atomic E-state index is 0.187. The number of nitrogens with zero attached hydrogens (tertiary/aromatic N) is 2. The molecule has 0 aliphatic heterocycles. The molecule has 0 saturated heterocycles. The Morgan fingerprint density at radius 3 is 2.52 bits per heavy atom. The molecule has 3 aromatic carbocycles. The number of nitrogens with one attached hydrogen (secondary N) is 1. The monoisotopic (exact) mass is 495 g/mol. The quantitative estimate of drug-likeness (QED) is 0.414. The number of benzene rings is 3. The van der Waals surface area contributed by atoms with Gasteiger partial charge in [0.1, 0.15) is 0 Å². The lowest BCUT2D eigenvalue weighted by atomic mass is 10.1. The van der Waals surface area contributed by atoms with Gasteiger partial charge in [0.25, 0.3) is 5.91 Å². The van der Waals surface area contributed by atoms with Crippen molar-refractivity contribution >= 4 is 37.4 Å². The molecule has 0 spiro atoms. The third kappa shape index (κ3) is 4.92. The van der Waals surface area contributed by atoms with Crippen LogP contribution in [-0.2, 0) is 15.6 Å². The van der Waals surface area contributed by atoms with E-state index >= 15 is 0 Å². The SMILES string of the molecule is O=C(Nc1cc(Br)ccc1-n1cccn1)c1cccc(CS(=O)(=O)c2ccccc2)c1. The van der Waals surface area contributed by atoms with Gasteiger partial charge in [-0.1, -0.05) is 46.3 Å². The Hall–Kier alpha value is -3.23. The van der Waals surface area contributed by atoms with Crippen LogP contribution in [0.2, 0.25) is 0 Å². The van der Waals surface area contributed by atoms with Crippen molar-refractivity contribution in [2.75, 3.05) is 5.32 Å². The molecule has 0 saturated carbocycles. The fraction of sp³-hybridized carbons (Fsp3) is 0.0435. The Bertz CT molecular complexity index is 1320. The van der Waals surface area contributed by atoms with E-state index in [1.165, 1.54) is 0 Å². The molecule has 8 heteroatoms.